The van der Waals surface area contributed by atoms with Gasteiger partial charge in [-0.1, -0.05) is 20.3 Å². The summed E-state index contributed by atoms with van der Waals surface area (Å²) in [6.45, 7) is 7.01. The maximum absolute atomic E-state index is 5.22. The molecule has 0 saturated carbocycles. The SMILES string of the molecule is CCCC(COC)NCc1ccnn1CCC. The lowest BCUT2D eigenvalue weighted by Crippen LogP contribution is -2.33. The topological polar surface area (TPSA) is 39.1 Å². The summed E-state index contributed by atoms with van der Waals surface area (Å²) in [5, 5.41) is 7.86. The number of nitrogens with one attached hydrogen (secondary N) is 1. The summed E-state index contributed by atoms with van der Waals surface area (Å²) in [5.41, 5.74) is 1.25. The Labute approximate surface area is 104 Å². The molecule has 0 bridgehead atoms. The maximum atomic E-state index is 5.22. The summed E-state index contributed by atoms with van der Waals surface area (Å²) in [4.78, 5) is 0. The van der Waals surface area contributed by atoms with Gasteiger partial charge in [-0.3, -0.25) is 4.68 Å². The third-order valence-corrected chi connectivity index (χ3v) is 2.82. The number of hydrogen-bond acceptors (Lipinski definition) is 3. The molecule has 1 rings (SSSR count). The Bertz CT molecular complexity index is 293. The van der Waals surface area contributed by atoms with Crippen LogP contribution in [0.4, 0.5) is 0 Å². The van der Waals surface area contributed by atoms with Crippen molar-refractivity contribution in [2.75, 3.05) is 13.7 Å². The molecule has 4 nitrogen and oxygen atoms in total. The number of rotatable bonds is 9. The molecule has 0 radical (unpaired) electrons. The van der Waals surface area contributed by atoms with Crippen molar-refractivity contribution < 1.29 is 4.74 Å². The largest absolute Gasteiger partial charge is 0.383 e. The lowest BCUT2D eigenvalue weighted by atomic mass is 10.2. The minimum absolute atomic E-state index is 0.440. The number of hydrogen-bond donors (Lipinski definition) is 1. The van der Waals surface area contributed by atoms with Gasteiger partial charge in [-0.05, 0) is 18.9 Å². The zero-order valence-electron chi connectivity index (χ0n) is 11.3. The van der Waals surface area contributed by atoms with Crippen molar-refractivity contribution in [2.45, 2.75) is 52.2 Å². The van der Waals surface area contributed by atoms with Gasteiger partial charge in [-0.2, -0.15) is 5.10 Å². The number of nitrogens with zero attached hydrogens (tertiary/aromatic N) is 2. The first kappa shape index (κ1) is 14.2. The third kappa shape index (κ3) is 4.88. The molecular weight excluding hydrogens is 214 g/mol. The Hall–Kier alpha value is -0.870. The van der Waals surface area contributed by atoms with E-state index in [-0.39, 0.29) is 0 Å². The molecule has 1 atom stereocenters. The van der Waals surface area contributed by atoms with Crippen LogP contribution in [-0.4, -0.2) is 29.5 Å². The second-order valence-corrected chi connectivity index (χ2v) is 4.37. The first-order valence-corrected chi connectivity index (χ1v) is 6.54. The molecule has 1 heterocycles. The molecule has 17 heavy (non-hydrogen) atoms. The average Bonchev–Trinajstić information content (AvgIpc) is 2.75. The van der Waals surface area contributed by atoms with E-state index in [1.165, 1.54) is 12.1 Å². The molecule has 0 saturated heterocycles. The van der Waals surface area contributed by atoms with E-state index in [2.05, 4.69) is 35.0 Å². The van der Waals surface area contributed by atoms with Crippen molar-refractivity contribution in [3.63, 3.8) is 0 Å². The lowest BCUT2D eigenvalue weighted by molar-refractivity contribution is 0.161. The van der Waals surface area contributed by atoms with Gasteiger partial charge in [0.25, 0.3) is 0 Å². The smallest absolute Gasteiger partial charge is 0.0615 e. The highest BCUT2D eigenvalue weighted by atomic mass is 16.5. The molecule has 0 aliphatic heterocycles. The summed E-state index contributed by atoms with van der Waals surface area (Å²) in [6.07, 6.45) is 5.31. The summed E-state index contributed by atoms with van der Waals surface area (Å²) in [7, 11) is 1.76. The van der Waals surface area contributed by atoms with E-state index in [9.17, 15) is 0 Å². The molecule has 1 N–H and O–H groups in total. The van der Waals surface area contributed by atoms with E-state index in [0.29, 0.717) is 6.04 Å². The second kappa shape index (κ2) is 8.25. The van der Waals surface area contributed by atoms with Gasteiger partial charge in [-0.25, -0.2) is 0 Å². The molecule has 0 fully saturated rings. The van der Waals surface area contributed by atoms with Crippen molar-refractivity contribution in [3.05, 3.63) is 18.0 Å². The molecule has 4 heteroatoms. The van der Waals surface area contributed by atoms with E-state index in [4.69, 9.17) is 4.74 Å². The van der Waals surface area contributed by atoms with Gasteiger partial charge >= 0.3 is 0 Å². The van der Waals surface area contributed by atoms with Gasteiger partial charge in [0.05, 0.1) is 12.3 Å². The lowest BCUT2D eigenvalue weighted by Gasteiger charge is -2.17. The van der Waals surface area contributed by atoms with E-state index in [1.807, 2.05) is 6.20 Å². The van der Waals surface area contributed by atoms with E-state index in [1.54, 1.807) is 7.11 Å². The molecule has 0 amide bonds. The highest BCUT2D eigenvalue weighted by Crippen LogP contribution is 2.03. The fraction of sp³-hybridized carbons (Fsp3) is 0.769. The van der Waals surface area contributed by atoms with Crippen LogP contribution in [0.2, 0.25) is 0 Å². The van der Waals surface area contributed by atoms with Crippen molar-refractivity contribution >= 4 is 0 Å². The number of ether oxygens (including phenoxy) is 1. The zero-order valence-corrected chi connectivity index (χ0v) is 11.3. The molecule has 0 aromatic carbocycles. The van der Waals surface area contributed by atoms with E-state index in [0.717, 1.165) is 32.5 Å². The molecule has 0 aliphatic rings. The van der Waals surface area contributed by atoms with Crippen LogP contribution in [0.3, 0.4) is 0 Å². The zero-order chi connectivity index (χ0) is 12.5. The Kier molecular flexibility index (Phi) is 6.89. The Morgan fingerprint density at radius 2 is 2.24 bits per heavy atom. The summed E-state index contributed by atoms with van der Waals surface area (Å²) in [5.74, 6) is 0. The maximum Gasteiger partial charge on any atom is 0.0615 e. The Morgan fingerprint density at radius 1 is 1.41 bits per heavy atom. The summed E-state index contributed by atoms with van der Waals surface area (Å²) < 4.78 is 7.29. The van der Waals surface area contributed by atoms with Crippen LogP contribution in [0.25, 0.3) is 0 Å². The standard InChI is InChI=1S/C13H25N3O/c1-4-6-12(11-17-3)14-10-13-7-8-15-16(13)9-5-2/h7-8,12,14H,4-6,9-11H2,1-3H3. The summed E-state index contributed by atoms with van der Waals surface area (Å²) >= 11 is 0. The highest BCUT2D eigenvalue weighted by Gasteiger charge is 2.08. The Morgan fingerprint density at radius 3 is 2.88 bits per heavy atom. The first-order chi connectivity index (χ1) is 8.31. The van der Waals surface area contributed by atoms with E-state index >= 15 is 0 Å². The molecular formula is C13H25N3O. The monoisotopic (exact) mass is 239 g/mol. The highest BCUT2D eigenvalue weighted by molar-refractivity contribution is 5.00. The second-order valence-electron chi connectivity index (χ2n) is 4.37. The minimum atomic E-state index is 0.440. The predicted molar refractivity (Wildman–Crippen MR) is 69.9 cm³/mol. The van der Waals surface area contributed by atoms with Gasteiger partial charge in [0.15, 0.2) is 0 Å². The van der Waals surface area contributed by atoms with Gasteiger partial charge < -0.3 is 10.1 Å². The fourth-order valence-electron chi connectivity index (χ4n) is 1.97. The van der Waals surface area contributed by atoms with Gasteiger partial charge in [0, 0.05) is 32.4 Å². The molecule has 1 aromatic heterocycles. The Balaban J connectivity index is 2.43. The van der Waals surface area contributed by atoms with Crippen molar-refractivity contribution in [3.8, 4) is 0 Å². The van der Waals surface area contributed by atoms with Gasteiger partial charge in [0.1, 0.15) is 0 Å². The first-order valence-electron chi connectivity index (χ1n) is 6.54. The molecule has 98 valence electrons. The number of aromatic nitrogens is 2. The molecule has 1 unspecified atom stereocenters. The average molecular weight is 239 g/mol. The predicted octanol–water partition coefficient (Wildman–Crippen LogP) is 2.20. The van der Waals surface area contributed by atoms with E-state index < -0.39 is 0 Å². The molecule has 0 spiro atoms. The van der Waals surface area contributed by atoms with Crippen LogP contribution in [0.1, 0.15) is 38.8 Å². The third-order valence-electron chi connectivity index (χ3n) is 2.82. The van der Waals surface area contributed by atoms with Gasteiger partial charge in [-0.15, -0.1) is 0 Å². The van der Waals surface area contributed by atoms with Crippen LogP contribution in [0.5, 0.6) is 0 Å². The molecule has 0 aliphatic carbocycles. The quantitative estimate of drug-likeness (QED) is 0.718. The van der Waals surface area contributed by atoms with Gasteiger partial charge in [0.2, 0.25) is 0 Å². The van der Waals surface area contributed by atoms with Crippen molar-refractivity contribution in [1.82, 2.24) is 15.1 Å². The molecule has 1 aromatic rings. The van der Waals surface area contributed by atoms with Crippen LogP contribution in [-0.2, 0) is 17.8 Å². The summed E-state index contributed by atoms with van der Waals surface area (Å²) in [6, 6.07) is 2.52. The minimum Gasteiger partial charge on any atom is -0.383 e. The normalized spacial score (nSPS) is 12.9. The van der Waals surface area contributed by atoms with Crippen molar-refractivity contribution in [2.24, 2.45) is 0 Å². The van der Waals surface area contributed by atoms with Crippen LogP contribution < -0.4 is 5.32 Å². The number of aryl methyl sites for hydroxylation is 1. The number of methoxy groups -OCH3 is 1. The van der Waals surface area contributed by atoms with Crippen LogP contribution in [0.15, 0.2) is 12.3 Å². The fourth-order valence-corrected chi connectivity index (χ4v) is 1.97. The van der Waals surface area contributed by atoms with Crippen LogP contribution >= 0.6 is 0 Å². The van der Waals surface area contributed by atoms with Crippen molar-refractivity contribution in [1.29, 1.82) is 0 Å². The van der Waals surface area contributed by atoms with Crippen LogP contribution in [0, 0.1) is 0 Å².